The summed E-state index contributed by atoms with van der Waals surface area (Å²) in [5.74, 6) is 1.24. The number of ether oxygens (including phenoxy) is 1. The van der Waals surface area contributed by atoms with E-state index < -0.39 is 11.0 Å². The summed E-state index contributed by atoms with van der Waals surface area (Å²) in [4.78, 5) is 30.9. The highest BCUT2D eigenvalue weighted by Crippen LogP contribution is 2.43. The van der Waals surface area contributed by atoms with Crippen molar-refractivity contribution < 1.29 is 14.3 Å². The Labute approximate surface area is 223 Å². The van der Waals surface area contributed by atoms with Gasteiger partial charge in [-0.05, 0) is 68.0 Å². The predicted octanol–water partition coefficient (Wildman–Crippen LogP) is 5.81. The fourth-order valence-electron chi connectivity index (χ4n) is 6.15. The quantitative estimate of drug-likeness (QED) is 0.446. The number of nitrogens with zero attached hydrogens (tertiary/aromatic N) is 3. The van der Waals surface area contributed by atoms with Gasteiger partial charge in [-0.2, -0.15) is 5.26 Å². The zero-order valence-corrected chi connectivity index (χ0v) is 22.1. The van der Waals surface area contributed by atoms with Gasteiger partial charge in [0.05, 0.1) is 29.2 Å². The second-order valence-electron chi connectivity index (χ2n) is 10.8. The summed E-state index contributed by atoms with van der Waals surface area (Å²) in [6.45, 7) is 1.95. The lowest BCUT2D eigenvalue weighted by atomic mass is 9.65. The van der Waals surface area contributed by atoms with Crippen molar-refractivity contribution in [1.29, 1.82) is 5.26 Å². The Bertz CT molecular complexity index is 1400. The number of benzene rings is 2. The van der Waals surface area contributed by atoms with E-state index in [1.54, 1.807) is 18.6 Å². The van der Waals surface area contributed by atoms with Gasteiger partial charge in [-0.3, -0.25) is 9.59 Å². The number of imidazole rings is 1. The summed E-state index contributed by atoms with van der Waals surface area (Å²) in [6, 6.07) is 15.5. The molecule has 1 aliphatic carbocycles. The van der Waals surface area contributed by atoms with E-state index >= 15 is 0 Å². The summed E-state index contributed by atoms with van der Waals surface area (Å²) >= 11 is 0. The normalized spacial score (nSPS) is 24.3. The molecule has 1 aromatic heterocycles. The van der Waals surface area contributed by atoms with Crippen LogP contribution >= 0.6 is 0 Å². The first-order valence-electron chi connectivity index (χ1n) is 13.5. The molecular formula is C31H34N4O3. The topological polar surface area (TPSA) is 97.0 Å². The van der Waals surface area contributed by atoms with Crippen LogP contribution in [0.5, 0.6) is 11.5 Å². The molecule has 1 amide bonds. The van der Waals surface area contributed by atoms with Crippen molar-refractivity contribution in [2.75, 3.05) is 0 Å². The smallest absolute Gasteiger partial charge is 0.220 e. The standard InChI is InChI=1S/C31H34N4O3/c1-30(27-20-33-21-35(27)2)23-14-13-22(19-32)26(18-23)38-25-10-8-9-24(17-25)31(16-7-5-11-28(31)36)15-6-3-4-12-29(37)34-30/h8-10,13-14,17-18,20-21H,3-7,11-12,15-16H2,1-2H3,(H,34,37). The third-order valence-corrected chi connectivity index (χ3v) is 8.31. The van der Waals surface area contributed by atoms with Crippen LogP contribution in [0.1, 0.15) is 87.1 Å². The minimum atomic E-state index is -0.883. The summed E-state index contributed by atoms with van der Waals surface area (Å²) in [7, 11) is 1.90. The van der Waals surface area contributed by atoms with Gasteiger partial charge >= 0.3 is 0 Å². The highest BCUT2D eigenvalue weighted by molar-refractivity contribution is 5.91. The van der Waals surface area contributed by atoms with Crippen LogP contribution in [-0.4, -0.2) is 21.2 Å². The zero-order valence-electron chi connectivity index (χ0n) is 22.1. The Hall–Kier alpha value is -3.92. The number of Topliss-reactive ketones (excluding diaryl/α,β-unsaturated/α-hetero) is 1. The molecule has 2 aromatic carbocycles. The van der Waals surface area contributed by atoms with E-state index in [9.17, 15) is 14.9 Å². The fourth-order valence-corrected chi connectivity index (χ4v) is 6.15. The molecule has 0 radical (unpaired) electrons. The number of ketones is 1. The minimum Gasteiger partial charge on any atom is -0.456 e. The SMILES string of the molecule is Cn1cncc1C1(C)NC(=O)CCCCCC2(CCCCC2=O)c2cccc(c2)Oc2cc1ccc2C#N. The van der Waals surface area contributed by atoms with E-state index in [4.69, 9.17) is 4.74 Å². The lowest BCUT2D eigenvalue weighted by Gasteiger charge is -2.37. The van der Waals surface area contributed by atoms with Gasteiger partial charge in [0.2, 0.25) is 5.91 Å². The van der Waals surface area contributed by atoms with E-state index in [0.29, 0.717) is 35.7 Å². The molecule has 1 N–H and O–H groups in total. The van der Waals surface area contributed by atoms with Crippen LogP contribution in [-0.2, 0) is 27.6 Å². The predicted molar refractivity (Wildman–Crippen MR) is 144 cm³/mol. The van der Waals surface area contributed by atoms with Gasteiger partial charge in [0, 0.05) is 19.9 Å². The van der Waals surface area contributed by atoms with Crippen molar-refractivity contribution in [1.82, 2.24) is 14.9 Å². The summed E-state index contributed by atoms with van der Waals surface area (Å²) in [6.07, 6.45) is 10.5. The number of rotatable bonds is 1. The number of aromatic nitrogens is 2. The molecule has 1 spiro atoms. The maximum Gasteiger partial charge on any atom is 0.220 e. The number of carbonyl (C=O) groups is 2. The third-order valence-electron chi connectivity index (χ3n) is 8.31. The molecule has 0 saturated heterocycles. The van der Waals surface area contributed by atoms with Gasteiger partial charge in [-0.1, -0.05) is 37.5 Å². The van der Waals surface area contributed by atoms with Crippen LogP contribution in [0.2, 0.25) is 0 Å². The van der Waals surface area contributed by atoms with E-state index in [1.165, 1.54) is 0 Å². The van der Waals surface area contributed by atoms with Crippen molar-refractivity contribution in [2.24, 2.45) is 7.05 Å². The molecule has 2 atom stereocenters. The van der Waals surface area contributed by atoms with Gasteiger partial charge in [-0.25, -0.2) is 4.98 Å². The van der Waals surface area contributed by atoms with E-state index in [0.717, 1.165) is 61.8 Å². The average Bonchev–Trinajstić information content (AvgIpc) is 3.35. The van der Waals surface area contributed by atoms with Crippen molar-refractivity contribution in [3.8, 4) is 17.6 Å². The highest BCUT2D eigenvalue weighted by Gasteiger charge is 2.41. The molecule has 38 heavy (non-hydrogen) atoms. The van der Waals surface area contributed by atoms with Crippen LogP contribution in [0.25, 0.3) is 0 Å². The molecule has 7 nitrogen and oxygen atoms in total. The van der Waals surface area contributed by atoms with Crippen molar-refractivity contribution in [3.05, 3.63) is 77.4 Å². The van der Waals surface area contributed by atoms with Gasteiger partial charge in [0.1, 0.15) is 28.9 Å². The molecule has 1 fully saturated rings. The molecule has 7 heteroatoms. The molecule has 3 aromatic rings. The van der Waals surface area contributed by atoms with Crippen LogP contribution in [0.15, 0.2) is 55.0 Å². The molecule has 2 unspecified atom stereocenters. The summed E-state index contributed by atoms with van der Waals surface area (Å²) < 4.78 is 8.24. The number of aryl methyl sites for hydroxylation is 1. The van der Waals surface area contributed by atoms with Gasteiger partial charge in [-0.15, -0.1) is 0 Å². The second kappa shape index (κ2) is 10.4. The van der Waals surface area contributed by atoms with Gasteiger partial charge in [0.15, 0.2) is 0 Å². The molecule has 2 aliphatic rings. The maximum atomic E-state index is 13.4. The second-order valence-corrected chi connectivity index (χ2v) is 10.8. The van der Waals surface area contributed by atoms with Gasteiger partial charge < -0.3 is 14.6 Å². The molecule has 4 bridgehead atoms. The number of nitriles is 1. The number of hydrogen-bond acceptors (Lipinski definition) is 5. The Morgan fingerprint density at radius 2 is 1.79 bits per heavy atom. The highest BCUT2D eigenvalue weighted by atomic mass is 16.5. The number of amides is 1. The Morgan fingerprint density at radius 3 is 2.55 bits per heavy atom. The first kappa shape index (κ1) is 25.7. The lowest BCUT2D eigenvalue weighted by Crippen LogP contribution is -2.45. The summed E-state index contributed by atoms with van der Waals surface area (Å²) in [5, 5.41) is 13.1. The monoisotopic (exact) mass is 510 g/mol. The van der Waals surface area contributed by atoms with Crippen molar-refractivity contribution in [3.63, 3.8) is 0 Å². The number of nitrogens with one attached hydrogen (secondary N) is 1. The van der Waals surface area contributed by atoms with Crippen LogP contribution in [0.4, 0.5) is 0 Å². The number of hydrogen-bond donors (Lipinski definition) is 1. The van der Waals surface area contributed by atoms with E-state index in [-0.39, 0.29) is 5.91 Å². The van der Waals surface area contributed by atoms with Crippen LogP contribution in [0.3, 0.4) is 0 Å². The number of fused-ring (bicyclic) bond motifs is 5. The Morgan fingerprint density at radius 1 is 1.00 bits per heavy atom. The first-order valence-corrected chi connectivity index (χ1v) is 13.5. The summed E-state index contributed by atoms with van der Waals surface area (Å²) in [5.41, 5.74) is 1.58. The van der Waals surface area contributed by atoms with Gasteiger partial charge in [0.25, 0.3) is 0 Å². The average molecular weight is 511 g/mol. The Kier molecular flexibility index (Phi) is 7.07. The van der Waals surface area contributed by atoms with Crippen LogP contribution < -0.4 is 10.1 Å². The van der Waals surface area contributed by atoms with Crippen LogP contribution in [0, 0.1) is 11.3 Å². The Balaban J connectivity index is 1.63. The molecule has 5 rings (SSSR count). The zero-order chi connectivity index (χ0) is 26.8. The third kappa shape index (κ3) is 4.71. The molecule has 1 aliphatic heterocycles. The largest absolute Gasteiger partial charge is 0.456 e. The van der Waals surface area contributed by atoms with Crippen molar-refractivity contribution >= 4 is 11.7 Å². The first-order chi connectivity index (χ1) is 18.4. The van der Waals surface area contributed by atoms with E-state index in [2.05, 4.69) is 16.4 Å². The lowest BCUT2D eigenvalue weighted by molar-refractivity contribution is -0.127. The van der Waals surface area contributed by atoms with Crippen molar-refractivity contribution in [2.45, 2.75) is 75.7 Å². The molecule has 2 heterocycles. The molecule has 1 saturated carbocycles. The molecule has 196 valence electrons. The number of carbonyl (C=O) groups excluding carboxylic acids is 2. The fraction of sp³-hybridized carbons (Fsp3) is 0.419. The molecular weight excluding hydrogens is 476 g/mol. The minimum absolute atomic E-state index is 0.0544. The van der Waals surface area contributed by atoms with E-state index in [1.807, 2.05) is 54.9 Å². The maximum absolute atomic E-state index is 13.4.